The second-order valence-corrected chi connectivity index (χ2v) is 6.57. The Bertz CT molecular complexity index is 901. The minimum atomic E-state index is -0.560. The zero-order chi connectivity index (χ0) is 18.6. The summed E-state index contributed by atoms with van der Waals surface area (Å²) in [6.45, 7) is 5.52. The van der Waals surface area contributed by atoms with E-state index in [1.165, 1.54) is 18.1 Å². The van der Waals surface area contributed by atoms with Crippen LogP contribution in [0.4, 0.5) is 0 Å². The number of nitrogens with zero attached hydrogens (tertiary/aromatic N) is 1. The summed E-state index contributed by atoms with van der Waals surface area (Å²) in [5.41, 5.74) is 4.87. The van der Waals surface area contributed by atoms with Crippen molar-refractivity contribution in [2.75, 3.05) is 6.61 Å². The molecule has 25 heavy (non-hydrogen) atoms. The van der Waals surface area contributed by atoms with Crippen molar-refractivity contribution in [3.63, 3.8) is 0 Å². The smallest absolute Gasteiger partial charge is 0.192 e. The Hall–Kier alpha value is -2.01. The van der Waals surface area contributed by atoms with Gasteiger partial charge in [0.05, 0.1) is 23.3 Å². The number of halogens is 1. The average molecular weight is 360 g/mol. The molecule has 1 atom stereocenters. The van der Waals surface area contributed by atoms with Gasteiger partial charge in [-0.2, -0.15) is 0 Å². The van der Waals surface area contributed by atoms with Crippen molar-refractivity contribution in [2.45, 2.75) is 33.3 Å². The van der Waals surface area contributed by atoms with Crippen molar-refractivity contribution in [1.82, 2.24) is 4.98 Å². The van der Waals surface area contributed by atoms with Gasteiger partial charge in [-0.05, 0) is 50.5 Å². The summed E-state index contributed by atoms with van der Waals surface area (Å²) < 4.78 is 0. The molecule has 0 amide bonds. The molecule has 1 aromatic carbocycles. The molecule has 1 aromatic heterocycles. The third-order valence-electron chi connectivity index (χ3n) is 4.04. The largest absolute Gasteiger partial charge is 0.394 e. The number of aliphatic hydroxyl groups excluding tert-OH is 2. The van der Waals surface area contributed by atoms with Crippen molar-refractivity contribution in [2.24, 2.45) is 0 Å². The minimum absolute atomic E-state index is 0.0185. The van der Waals surface area contributed by atoms with Gasteiger partial charge in [0, 0.05) is 17.1 Å². The maximum Gasteiger partial charge on any atom is 0.192 e. The van der Waals surface area contributed by atoms with Crippen molar-refractivity contribution in [3.05, 3.63) is 68.0 Å². The number of hydrogen-bond acceptors (Lipinski definition) is 4. The van der Waals surface area contributed by atoms with Crippen LogP contribution in [0.5, 0.6) is 0 Å². The lowest BCUT2D eigenvalue weighted by molar-refractivity contribution is 0.110. The number of hydrogen-bond donors (Lipinski definition) is 2. The predicted molar refractivity (Wildman–Crippen MR) is 103 cm³/mol. The van der Waals surface area contributed by atoms with E-state index in [0.29, 0.717) is 22.3 Å². The van der Waals surface area contributed by atoms with Gasteiger partial charge in [-0.1, -0.05) is 35.4 Å². The molecular weight excluding hydrogens is 338 g/mol. The second kappa shape index (κ2) is 8.39. The van der Waals surface area contributed by atoms with Gasteiger partial charge in [0.2, 0.25) is 0 Å². The van der Waals surface area contributed by atoms with Gasteiger partial charge < -0.3 is 10.2 Å². The maximum absolute atomic E-state index is 12.7. The third-order valence-corrected chi connectivity index (χ3v) is 4.25. The minimum Gasteiger partial charge on any atom is -0.394 e. The molecule has 1 aliphatic carbocycles. The zero-order valence-corrected chi connectivity index (χ0v) is 15.3. The van der Waals surface area contributed by atoms with Crippen LogP contribution in [0.15, 0.2) is 46.4 Å². The SMILES string of the molecule is CC(O)CO.CC1=CCc2c(ccc3ncc(Cl)cc3c2=O)C=C1C. The molecule has 2 aromatic rings. The first-order valence-corrected chi connectivity index (χ1v) is 8.47. The van der Waals surface area contributed by atoms with Crippen LogP contribution in [0, 0.1) is 0 Å². The molecule has 0 spiro atoms. The molecule has 0 fully saturated rings. The van der Waals surface area contributed by atoms with Crippen LogP contribution in [0.3, 0.4) is 0 Å². The van der Waals surface area contributed by atoms with Gasteiger partial charge in [-0.3, -0.25) is 9.78 Å². The van der Waals surface area contributed by atoms with Crippen molar-refractivity contribution in [1.29, 1.82) is 0 Å². The van der Waals surface area contributed by atoms with Crippen molar-refractivity contribution >= 4 is 28.6 Å². The van der Waals surface area contributed by atoms with Crippen LogP contribution in [0.1, 0.15) is 31.9 Å². The summed E-state index contributed by atoms with van der Waals surface area (Å²) in [5, 5.41) is 17.1. The van der Waals surface area contributed by atoms with E-state index >= 15 is 0 Å². The highest BCUT2D eigenvalue weighted by atomic mass is 35.5. The number of aromatic nitrogens is 1. The van der Waals surface area contributed by atoms with Gasteiger partial charge in [0.15, 0.2) is 5.43 Å². The number of pyridine rings is 1. The molecular formula is C20H22ClNO3. The number of allylic oxidation sites excluding steroid dienone is 3. The molecule has 0 saturated heterocycles. The lowest BCUT2D eigenvalue weighted by atomic mass is 10.1. The first-order valence-electron chi connectivity index (χ1n) is 8.09. The number of aliphatic hydroxyl groups is 2. The van der Waals surface area contributed by atoms with E-state index in [1.807, 2.05) is 12.1 Å². The fraction of sp³-hybridized carbons (Fsp3) is 0.300. The summed E-state index contributed by atoms with van der Waals surface area (Å²) in [6, 6.07) is 5.55. The fourth-order valence-electron chi connectivity index (χ4n) is 2.44. The lowest BCUT2D eigenvalue weighted by Crippen LogP contribution is -2.07. The second-order valence-electron chi connectivity index (χ2n) is 6.13. The molecule has 4 nitrogen and oxygen atoms in total. The topological polar surface area (TPSA) is 70.4 Å². The van der Waals surface area contributed by atoms with Crippen LogP contribution in [0.2, 0.25) is 5.02 Å². The first-order chi connectivity index (χ1) is 11.8. The molecule has 0 aliphatic heterocycles. The summed E-state index contributed by atoms with van der Waals surface area (Å²) in [4.78, 5) is 17.0. The number of fused-ring (bicyclic) bond motifs is 2. The van der Waals surface area contributed by atoms with Crippen LogP contribution in [0.25, 0.3) is 17.0 Å². The van der Waals surface area contributed by atoms with Crippen LogP contribution < -0.4 is 5.43 Å². The molecule has 0 bridgehead atoms. The average Bonchev–Trinajstić information content (AvgIpc) is 2.80. The fourth-order valence-corrected chi connectivity index (χ4v) is 2.59. The highest BCUT2D eigenvalue weighted by molar-refractivity contribution is 6.31. The van der Waals surface area contributed by atoms with Gasteiger partial charge >= 0.3 is 0 Å². The van der Waals surface area contributed by atoms with Crippen LogP contribution in [-0.2, 0) is 6.42 Å². The molecule has 3 rings (SSSR count). The summed E-state index contributed by atoms with van der Waals surface area (Å²) in [6.07, 6.45) is 5.82. The van der Waals surface area contributed by atoms with E-state index in [0.717, 1.165) is 11.1 Å². The summed E-state index contributed by atoms with van der Waals surface area (Å²) in [7, 11) is 0. The molecule has 0 radical (unpaired) electrons. The molecule has 1 aliphatic rings. The highest BCUT2D eigenvalue weighted by Crippen LogP contribution is 2.22. The standard InChI is InChI=1S/C17H14ClNO.C3H8O2/c1-10-3-5-14-12(7-11(10)2)4-6-16-15(17(14)20)8-13(18)9-19-16;1-3(5)2-4/h3-4,6-9H,5H2,1-2H3;3-5H,2H2,1H3. The van der Waals surface area contributed by atoms with E-state index in [4.69, 9.17) is 21.8 Å². The quantitative estimate of drug-likeness (QED) is 0.817. The van der Waals surface area contributed by atoms with Crippen LogP contribution in [-0.4, -0.2) is 27.9 Å². The molecule has 0 saturated carbocycles. The van der Waals surface area contributed by atoms with E-state index in [2.05, 4.69) is 31.0 Å². The van der Waals surface area contributed by atoms with E-state index < -0.39 is 6.10 Å². The van der Waals surface area contributed by atoms with Gasteiger partial charge in [0.25, 0.3) is 0 Å². The van der Waals surface area contributed by atoms with E-state index in [-0.39, 0.29) is 12.0 Å². The van der Waals surface area contributed by atoms with Crippen molar-refractivity contribution < 1.29 is 10.2 Å². The zero-order valence-electron chi connectivity index (χ0n) is 14.6. The Kier molecular flexibility index (Phi) is 6.48. The van der Waals surface area contributed by atoms with Gasteiger partial charge in [0.1, 0.15) is 0 Å². The maximum atomic E-state index is 12.7. The van der Waals surface area contributed by atoms with E-state index in [1.54, 1.807) is 12.3 Å². The molecule has 132 valence electrons. The molecule has 1 unspecified atom stereocenters. The predicted octanol–water partition coefficient (Wildman–Crippen LogP) is 3.51. The highest BCUT2D eigenvalue weighted by Gasteiger charge is 2.11. The Labute approximate surface area is 152 Å². The lowest BCUT2D eigenvalue weighted by Gasteiger charge is -1.96. The van der Waals surface area contributed by atoms with E-state index in [9.17, 15) is 4.79 Å². The Morgan fingerprint density at radius 3 is 2.60 bits per heavy atom. The molecule has 2 N–H and O–H groups in total. The Morgan fingerprint density at radius 2 is 1.96 bits per heavy atom. The summed E-state index contributed by atoms with van der Waals surface area (Å²) >= 11 is 5.97. The molecule has 5 heteroatoms. The van der Waals surface area contributed by atoms with Crippen molar-refractivity contribution in [3.8, 4) is 0 Å². The van der Waals surface area contributed by atoms with Gasteiger partial charge in [-0.25, -0.2) is 0 Å². The van der Waals surface area contributed by atoms with Crippen LogP contribution >= 0.6 is 11.6 Å². The Morgan fingerprint density at radius 1 is 1.28 bits per heavy atom. The van der Waals surface area contributed by atoms with Gasteiger partial charge in [-0.15, -0.1) is 0 Å². The molecule has 1 heterocycles. The Balaban J connectivity index is 0.000000399. The summed E-state index contributed by atoms with van der Waals surface area (Å²) in [5.74, 6) is 0. The third kappa shape index (κ3) is 4.75. The number of rotatable bonds is 1. The monoisotopic (exact) mass is 359 g/mol. The normalized spacial score (nSPS) is 14.5. The first kappa shape index (κ1) is 19.3.